The first kappa shape index (κ1) is 18.8. The molecule has 3 aliphatic rings. The predicted octanol–water partition coefficient (Wildman–Crippen LogP) is 3.86. The molecule has 4 rings (SSSR count). The molecule has 1 unspecified atom stereocenters. The van der Waals surface area contributed by atoms with Crippen molar-refractivity contribution in [1.82, 2.24) is 9.99 Å². The Bertz CT molecular complexity index is 653. The van der Waals surface area contributed by atoms with Crippen LogP contribution < -0.4 is 10.7 Å². The van der Waals surface area contributed by atoms with Crippen molar-refractivity contribution in [2.75, 3.05) is 18.6 Å². The molecule has 1 atom stereocenters. The molecule has 2 aliphatic heterocycles. The maximum atomic E-state index is 5.89. The minimum Gasteiger partial charge on any atom is -0.353 e. The number of aliphatic imine (C=N–C) groups is 1. The lowest BCUT2D eigenvalue weighted by Crippen LogP contribution is -2.44. The standard InChI is InChI=1S/C21H34N4O2/c1-3-4-5-6-16(2)23-20-22-15-18-7-8-19(25(18)24-20)17-9-11-21(12-10-17)26-13-14-27-21/h7-8,16-17H,3-6,9-15H2,1-2H3,(H2,22,23,24). The van der Waals surface area contributed by atoms with E-state index in [0.717, 1.165) is 51.4 Å². The van der Waals surface area contributed by atoms with Gasteiger partial charge in [0.2, 0.25) is 5.96 Å². The van der Waals surface area contributed by atoms with Gasteiger partial charge in [0.25, 0.3) is 0 Å². The highest BCUT2D eigenvalue weighted by Crippen LogP contribution is 2.42. The van der Waals surface area contributed by atoms with Crippen molar-refractivity contribution in [3.63, 3.8) is 0 Å². The van der Waals surface area contributed by atoms with Gasteiger partial charge in [0.05, 0.1) is 25.5 Å². The molecule has 1 aliphatic carbocycles. The number of nitrogens with zero attached hydrogens (tertiary/aromatic N) is 2. The van der Waals surface area contributed by atoms with Crippen molar-refractivity contribution in [3.05, 3.63) is 23.5 Å². The van der Waals surface area contributed by atoms with E-state index in [4.69, 9.17) is 9.47 Å². The van der Waals surface area contributed by atoms with Gasteiger partial charge in [-0.15, -0.1) is 0 Å². The molecular weight excluding hydrogens is 340 g/mol. The van der Waals surface area contributed by atoms with E-state index < -0.39 is 0 Å². The highest BCUT2D eigenvalue weighted by molar-refractivity contribution is 5.88. The van der Waals surface area contributed by atoms with Crippen LogP contribution in [0.4, 0.5) is 0 Å². The summed E-state index contributed by atoms with van der Waals surface area (Å²) in [6.07, 6.45) is 9.22. The second-order valence-electron chi connectivity index (χ2n) is 8.28. The Hall–Kier alpha value is -1.53. The summed E-state index contributed by atoms with van der Waals surface area (Å²) in [5, 5.41) is 3.56. The Balaban J connectivity index is 1.35. The Morgan fingerprint density at radius 1 is 1.26 bits per heavy atom. The molecule has 6 nitrogen and oxygen atoms in total. The topological polar surface area (TPSA) is 59.8 Å². The quantitative estimate of drug-likeness (QED) is 0.743. The molecule has 0 radical (unpaired) electrons. The van der Waals surface area contributed by atoms with E-state index in [2.05, 4.69) is 46.4 Å². The molecule has 2 N–H and O–H groups in total. The lowest BCUT2D eigenvalue weighted by atomic mass is 9.83. The molecule has 150 valence electrons. The highest BCUT2D eigenvalue weighted by Gasteiger charge is 2.41. The summed E-state index contributed by atoms with van der Waals surface area (Å²) in [5.74, 6) is 1.16. The van der Waals surface area contributed by atoms with Crippen molar-refractivity contribution >= 4 is 5.96 Å². The van der Waals surface area contributed by atoms with Gasteiger partial charge < -0.3 is 14.8 Å². The number of nitrogens with one attached hydrogen (secondary N) is 2. The zero-order chi connectivity index (χ0) is 18.7. The number of unbranched alkanes of at least 4 members (excludes halogenated alkanes) is 2. The van der Waals surface area contributed by atoms with Gasteiger partial charge in [-0.3, -0.25) is 10.1 Å². The van der Waals surface area contributed by atoms with Gasteiger partial charge in [0, 0.05) is 30.5 Å². The van der Waals surface area contributed by atoms with Crippen LogP contribution in [-0.2, 0) is 16.0 Å². The first-order valence-corrected chi connectivity index (χ1v) is 10.8. The summed E-state index contributed by atoms with van der Waals surface area (Å²) in [6, 6.07) is 4.92. The second kappa shape index (κ2) is 8.23. The molecule has 1 aromatic rings. The molecule has 27 heavy (non-hydrogen) atoms. The monoisotopic (exact) mass is 374 g/mol. The van der Waals surface area contributed by atoms with E-state index in [-0.39, 0.29) is 5.79 Å². The molecule has 1 spiro atoms. The van der Waals surface area contributed by atoms with Crippen molar-refractivity contribution in [2.45, 2.75) is 89.5 Å². The zero-order valence-electron chi connectivity index (χ0n) is 16.8. The Morgan fingerprint density at radius 2 is 2.04 bits per heavy atom. The smallest absolute Gasteiger partial charge is 0.211 e. The van der Waals surface area contributed by atoms with Crippen molar-refractivity contribution in [1.29, 1.82) is 0 Å². The Kier molecular flexibility index (Phi) is 5.74. The van der Waals surface area contributed by atoms with Crippen LogP contribution in [0, 0.1) is 0 Å². The molecule has 3 heterocycles. The first-order chi connectivity index (χ1) is 13.2. The molecule has 0 amide bonds. The van der Waals surface area contributed by atoms with Crippen molar-refractivity contribution in [3.8, 4) is 0 Å². The molecule has 0 aromatic carbocycles. The maximum absolute atomic E-state index is 5.89. The van der Waals surface area contributed by atoms with Gasteiger partial charge in [0.15, 0.2) is 5.79 Å². The highest BCUT2D eigenvalue weighted by atomic mass is 16.7. The fourth-order valence-corrected chi connectivity index (χ4v) is 4.60. The molecule has 1 saturated carbocycles. The molecule has 2 fully saturated rings. The van der Waals surface area contributed by atoms with E-state index >= 15 is 0 Å². The molecule has 1 aromatic heterocycles. The summed E-state index contributed by atoms with van der Waals surface area (Å²) in [5.41, 5.74) is 6.12. The van der Waals surface area contributed by atoms with Crippen LogP contribution in [0.1, 0.15) is 82.5 Å². The van der Waals surface area contributed by atoms with Crippen LogP contribution in [0.25, 0.3) is 0 Å². The lowest BCUT2D eigenvalue weighted by Gasteiger charge is -2.36. The van der Waals surface area contributed by atoms with Crippen LogP contribution in [0.15, 0.2) is 17.1 Å². The predicted molar refractivity (Wildman–Crippen MR) is 108 cm³/mol. The summed E-state index contributed by atoms with van der Waals surface area (Å²) in [6.45, 7) is 6.72. The molecule has 6 heteroatoms. The first-order valence-electron chi connectivity index (χ1n) is 10.8. The Labute approximate surface area is 162 Å². The average Bonchev–Trinajstić information content (AvgIpc) is 3.30. The summed E-state index contributed by atoms with van der Waals surface area (Å²) in [7, 11) is 0. The van der Waals surface area contributed by atoms with Gasteiger partial charge in [-0.25, -0.2) is 4.99 Å². The fraction of sp³-hybridized carbons (Fsp3) is 0.762. The van der Waals surface area contributed by atoms with E-state index in [1.807, 2.05) is 0 Å². The minimum atomic E-state index is -0.288. The zero-order valence-corrected chi connectivity index (χ0v) is 16.8. The molecular formula is C21H34N4O2. The number of ether oxygens (including phenoxy) is 2. The second-order valence-corrected chi connectivity index (χ2v) is 8.28. The van der Waals surface area contributed by atoms with Crippen molar-refractivity contribution < 1.29 is 9.47 Å². The number of hydrogen-bond acceptors (Lipinski definition) is 5. The Morgan fingerprint density at radius 3 is 2.78 bits per heavy atom. The lowest BCUT2D eigenvalue weighted by molar-refractivity contribution is -0.179. The molecule has 1 saturated heterocycles. The van der Waals surface area contributed by atoms with E-state index in [1.54, 1.807) is 0 Å². The van der Waals surface area contributed by atoms with Gasteiger partial charge in [0.1, 0.15) is 0 Å². The van der Waals surface area contributed by atoms with Crippen molar-refractivity contribution in [2.24, 2.45) is 4.99 Å². The van der Waals surface area contributed by atoms with Crippen LogP contribution >= 0.6 is 0 Å². The summed E-state index contributed by atoms with van der Waals surface area (Å²) < 4.78 is 14.0. The SMILES string of the molecule is CCCCCC(C)NC1=NCc2ccc(C3CCC4(CC3)OCCO4)n2N1. The number of guanidine groups is 1. The average molecular weight is 375 g/mol. The third kappa shape index (κ3) is 4.16. The number of hydrogen-bond donors (Lipinski definition) is 2. The van der Waals surface area contributed by atoms with E-state index in [1.165, 1.54) is 37.1 Å². The third-order valence-corrected chi connectivity index (χ3v) is 6.21. The van der Waals surface area contributed by atoms with E-state index in [0.29, 0.717) is 12.0 Å². The minimum absolute atomic E-state index is 0.288. The van der Waals surface area contributed by atoms with Gasteiger partial charge in [-0.05, 0) is 38.3 Å². The summed E-state index contributed by atoms with van der Waals surface area (Å²) in [4.78, 5) is 4.69. The van der Waals surface area contributed by atoms with Gasteiger partial charge in [-0.2, -0.15) is 0 Å². The fourth-order valence-electron chi connectivity index (χ4n) is 4.60. The normalized spacial score (nSPS) is 23.0. The summed E-state index contributed by atoms with van der Waals surface area (Å²) >= 11 is 0. The number of rotatable bonds is 6. The number of fused-ring (bicyclic) bond motifs is 1. The van der Waals surface area contributed by atoms with Gasteiger partial charge in [-0.1, -0.05) is 26.2 Å². The largest absolute Gasteiger partial charge is 0.353 e. The van der Waals surface area contributed by atoms with E-state index in [9.17, 15) is 0 Å². The number of aromatic nitrogens is 1. The van der Waals surface area contributed by atoms with Gasteiger partial charge >= 0.3 is 0 Å². The van der Waals surface area contributed by atoms with Crippen LogP contribution in [-0.4, -0.2) is 35.7 Å². The van der Waals surface area contributed by atoms with Crippen LogP contribution in [0.5, 0.6) is 0 Å². The van der Waals surface area contributed by atoms with Crippen LogP contribution in [0.2, 0.25) is 0 Å². The van der Waals surface area contributed by atoms with Crippen LogP contribution in [0.3, 0.4) is 0 Å². The third-order valence-electron chi connectivity index (χ3n) is 6.21. The maximum Gasteiger partial charge on any atom is 0.211 e. The molecule has 0 bridgehead atoms.